The number of carbonyl (C=O) groups is 1. The lowest BCUT2D eigenvalue weighted by molar-refractivity contribution is -0.148. The van der Waals surface area contributed by atoms with Gasteiger partial charge in [-0.25, -0.2) is 0 Å². The number of ether oxygens (including phenoxy) is 1. The molecule has 14 heavy (non-hydrogen) atoms. The molecule has 0 spiro atoms. The first-order valence-electron chi connectivity index (χ1n) is 5.34. The van der Waals surface area contributed by atoms with E-state index < -0.39 is 0 Å². The fourth-order valence-electron chi connectivity index (χ4n) is 2.48. The number of rotatable bonds is 1. The van der Waals surface area contributed by atoms with Gasteiger partial charge in [-0.1, -0.05) is 0 Å². The van der Waals surface area contributed by atoms with E-state index in [-0.39, 0.29) is 11.9 Å². The highest BCUT2D eigenvalue weighted by atomic mass is 16.5. The molecule has 2 heterocycles. The van der Waals surface area contributed by atoms with Crippen molar-refractivity contribution in [2.45, 2.75) is 18.9 Å². The van der Waals surface area contributed by atoms with Gasteiger partial charge in [-0.15, -0.1) is 0 Å². The van der Waals surface area contributed by atoms with E-state index >= 15 is 0 Å². The molecule has 2 unspecified atom stereocenters. The van der Waals surface area contributed by atoms with Crippen LogP contribution in [-0.4, -0.2) is 50.2 Å². The van der Waals surface area contributed by atoms with Crippen LogP contribution in [-0.2, 0) is 9.53 Å². The third kappa shape index (κ3) is 1.91. The van der Waals surface area contributed by atoms with E-state index in [1.54, 1.807) is 0 Å². The zero-order valence-corrected chi connectivity index (χ0v) is 8.66. The molecule has 80 valence electrons. The Morgan fingerprint density at radius 2 is 2.36 bits per heavy atom. The lowest BCUT2D eigenvalue weighted by atomic mass is 9.90. The standard InChI is InChI=1S/C10H18N2O2/c1-14-10(13)8-2-4-12-5-3-11-7-9(12)6-8/h8-9,11H,2-7H2,1H3. The number of fused-ring (bicyclic) bond motifs is 1. The Bertz CT molecular complexity index is 220. The summed E-state index contributed by atoms with van der Waals surface area (Å²) >= 11 is 0. The molecule has 0 amide bonds. The van der Waals surface area contributed by atoms with E-state index in [2.05, 4.69) is 10.2 Å². The highest BCUT2D eigenvalue weighted by molar-refractivity contribution is 5.72. The third-order valence-corrected chi connectivity index (χ3v) is 3.33. The van der Waals surface area contributed by atoms with Gasteiger partial charge in [0, 0.05) is 25.7 Å². The molecule has 1 N–H and O–H groups in total. The zero-order chi connectivity index (χ0) is 9.97. The molecular formula is C10H18N2O2. The van der Waals surface area contributed by atoms with Crippen molar-refractivity contribution in [3.63, 3.8) is 0 Å². The summed E-state index contributed by atoms with van der Waals surface area (Å²) in [5, 5.41) is 3.37. The minimum atomic E-state index is -0.0322. The van der Waals surface area contributed by atoms with E-state index in [1.807, 2.05) is 0 Å². The van der Waals surface area contributed by atoms with Gasteiger partial charge in [-0.2, -0.15) is 0 Å². The summed E-state index contributed by atoms with van der Waals surface area (Å²) in [6, 6.07) is 0.543. The van der Waals surface area contributed by atoms with Gasteiger partial charge < -0.3 is 10.1 Å². The smallest absolute Gasteiger partial charge is 0.308 e. The second kappa shape index (κ2) is 4.28. The third-order valence-electron chi connectivity index (χ3n) is 3.33. The fraction of sp³-hybridized carbons (Fsp3) is 0.900. The number of esters is 1. The van der Waals surface area contributed by atoms with Crippen LogP contribution in [0.15, 0.2) is 0 Å². The number of nitrogens with one attached hydrogen (secondary N) is 1. The van der Waals surface area contributed by atoms with Gasteiger partial charge in [0.15, 0.2) is 0 Å². The first-order chi connectivity index (χ1) is 6.81. The number of piperazine rings is 1. The maximum Gasteiger partial charge on any atom is 0.308 e. The molecule has 0 aromatic rings. The summed E-state index contributed by atoms with van der Waals surface area (Å²) in [5.74, 6) is 0.0939. The molecule has 2 atom stereocenters. The minimum absolute atomic E-state index is 0.0322. The van der Waals surface area contributed by atoms with Crippen molar-refractivity contribution in [3.8, 4) is 0 Å². The Balaban J connectivity index is 1.92. The number of hydrogen-bond donors (Lipinski definition) is 1. The van der Waals surface area contributed by atoms with Crippen LogP contribution in [0.5, 0.6) is 0 Å². The molecule has 0 saturated carbocycles. The topological polar surface area (TPSA) is 41.6 Å². The Labute approximate surface area is 84.6 Å². The zero-order valence-electron chi connectivity index (χ0n) is 8.66. The van der Waals surface area contributed by atoms with Crippen LogP contribution in [0.4, 0.5) is 0 Å². The molecule has 0 aliphatic carbocycles. The first-order valence-corrected chi connectivity index (χ1v) is 5.34. The van der Waals surface area contributed by atoms with E-state index in [9.17, 15) is 4.79 Å². The highest BCUT2D eigenvalue weighted by Gasteiger charge is 2.33. The Hall–Kier alpha value is -0.610. The summed E-state index contributed by atoms with van der Waals surface area (Å²) in [7, 11) is 1.48. The molecule has 0 bridgehead atoms. The van der Waals surface area contributed by atoms with Crippen LogP contribution in [0.25, 0.3) is 0 Å². The predicted octanol–water partition coefficient (Wildman–Crippen LogP) is -0.157. The average molecular weight is 198 g/mol. The van der Waals surface area contributed by atoms with E-state index in [1.165, 1.54) is 7.11 Å². The van der Waals surface area contributed by atoms with Gasteiger partial charge in [0.05, 0.1) is 13.0 Å². The number of carbonyl (C=O) groups excluding carboxylic acids is 1. The quantitative estimate of drug-likeness (QED) is 0.595. The van der Waals surface area contributed by atoms with Crippen molar-refractivity contribution in [2.24, 2.45) is 5.92 Å². The van der Waals surface area contributed by atoms with E-state index in [4.69, 9.17) is 4.74 Å². The number of piperidine rings is 1. The number of methoxy groups -OCH3 is 1. The number of nitrogens with zero attached hydrogens (tertiary/aromatic N) is 1. The summed E-state index contributed by atoms with van der Waals surface area (Å²) in [5.41, 5.74) is 0. The maximum atomic E-state index is 11.4. The predicted molar refractivity (Wildman–Crippen MR) is 53.0 cm³/mol. The monoisotopic (exact) mass is 198 g/mol. The largest absolute Gasteiger partial charge is 0.469 e. The van der Waals surface area contributed by atoms with Gasteiger partial charge in [0.25, 0.3) is 0 Å². The van der Waals surface area contributed by atoms with Crippen LogP contribution >= 0.6 is 0 Å². The molecule has 2 fully saturated rings. The Kier molecular flexibility index (Phi) is 3.03. The second-order valence-corrected chi connectivity index (χ2v) is 4.14. The molecule has 2 aliphatic rings. The normalized spacial score (nSPS) is 33.5. The first kappa shape index (κ1) is 9.93. The Morgan fingerprint density at radius 3 is 3.14 bits per heavy atom. The van der Waals surface area contributed by atoms with Gasteiger partial charge in [0.1, 0.15) is 0 Å². The Morgan fingerprint density at radius 1 is 1.50 bits per heavy atom. The van der Waals surface area contributed by atoms with Crippen LogP contribution in [0.3, 0.4) is 0 Å². The lowest BCUT2D eigenvalue weighted by Crippen LogP contribution is -2.55. The maximum absolute atomic E-state index is 11.4. The molecule has 2 aliphatic heterocycles. The van der Waals surface area contributed by atoms with Crippen molar-refractivity contribution in [1.82, 2.24) is 10.2 Å². The van der Waals surface area contributed by atoms with Crippen molar-refractivity contribution >= 4 is 5.97 Å². The van der Waals surface area contributed by atoms with Crippen molar-refractivity contribution in [2.75, 3.05) is 33.3 Å². The molecule has 4 nitrogen and oxygen atoms in total. The van der Waals surface area contributed by atoms with Crippen LogP contribution in [0, 0.1) is 5.92 Å². The summed E-state index contributed by atoms with van der Waals surface area (Å²) in [6.07, 6.45) is 1.92. The molecule has 2 rings (SSSR count). The van der Waals surface area contributed by atoms with Crippen molar-refractivity contribution in [1.29, 1.82) is 0 Å². The molecule has 0 radical (unpaired) electrons. The second-order valence-electron chi connectivity index (χ2n) is 4.14. The molecule has 2 saturated heterocycles. The fourth-order valence-corrected chi connectivity index (χ4v) is 2.48. The van der Waals surface area contributed by atoms with Gasteiger partial charge in [-0.05, 0) is 19.4 Å². The minimum Gasteiger partial charge on any atom is -0.469 e. The SMILES string of the molecule is COC(=O)C1CCN2CCNCC2C1. The molecule has 0 aromatic carbocycles. The van der Waals surface area contributed by atoms with Crippen molar-refractivity contribution < 1.29 is 9.53 Å². The van der Waals surface area contributed by atoms with E-state index in [0.29, 0.717) is 6.04 Å². The summed E-state index contributed by atoms with van der Waals surface area (Å²) in [6.45, 7) is 4.28. The van der Waals surface area contributed by atoms with Gasteiger partial charge in [0.2, 0.25) is 0 Å². The highest BCUT2D eigenvalue weighted by Crippen LogP contribution is 2.24. The molecule has 4 heteroatoms. The van der Waals surface area contributed by atoms with Crippen molar-refractivity contribution in [3.05, 3.63) is 0 Å². The van der Waals surface area contributed by atoms with Crippen LogP contribution < -0.4 is 5.32 Å². The summed E-state index contributed by atoms with van der Waals surface area (Å²) < 4.78 is 4.79. The lowest BCUT2D eigenvalue weighted by Gasteiger charge is -2.41. The van der Waals surface area contributed by atoms with Crippen LogP contribution in [0.1, 0.15) is 12.8 Å². The average Bonchev–Trinajstić information content (AvgIpc) is 2.27. The molecular weight excluding hydrogens is 180 g/mol. The van der Waals surface area contributed by atoms with Crippen LogP contribution in [0.2, 0.25) is 0 Å². The van der Waals surface area contributed by atoms with E-state index in [0.717, 1.165) is 39.0 Å². The van der Waals surface area contributed by atoms with Gasteiger partial charge in [-0.3, -0.25) is 9.69 Å². The number of hydrogen-bond acceptors (Lipinski definition) is 4. The summed E-state index contributed by atoms with van der Waals surface area (Å²) in [4.78, 5) is 13.9. The molecule has 0 aromatic heterocycles. The van der Waals surface area contributed by atoms with Gasteiger partial charge >= 0.3 is 5.97 Å².